The van der Waals surface area contributed by atoms with Crippen LogP contribution < -0.4 is 4.74 Å². The minimum Gasteiger partial charge on any atom is -0.505 e. The van der Waals surface area contributed by atoms with E-state index in [4.69, 9.17) is 9.84 Å². The van der Waals surface area contributed by atoms with Crippen molar-refractivity contribution in [3.8, 4) is 11.5 Å². The lowest BCUT2D eigenvalue weighted by Crippen LogP contribution is -2.24. The van der Waals surface area contributed by atoms with Crippen molar-refractivity contribution in [1.29, 1.82) is 0 Å². The number of phenolic OH excluding ortho intramolecular Hbond substituents is 1. The molecule has 82 valence electrons. The Morgan fingerprint density at radius 3 is 2.73 bits per heavy atom. The molecule has 15 heavy (non-hydrogen) atoms. The Morgan fingerprint density at radius 2 is 2.20 bits per heavy atom. The first-order chi connectivity index (χ1) is 7.04. The van der Waals surface area contributed by atoms with Crippen LogP contribution in [-0.4, -0.2) is 24.3 Å². The molecule has 0 aliphatic heterocycles. The highest BCUT2D eigenvalue weighted by Crippen LogP contribution is 2.21. The van der Waals surface area contributed by atoms with Gasteiger partial charge in [0.1, 0.15) is 5.75 Å². The molecule has 0 saturated carbocycles. The third kappa shape index (κ3) is 2.83. The number of ether oxygens (including phenoxy) is 2. The summed E-state index contributed by atoms with van der Waals surface area (Å²) in [7, 11) is 1.24. The smallest absolute Gasteiger partial charge is 0.346 e. The van der Waals surface area contributed by atoms with E-state index >= 15 is 0 Å². The van der Waals surface area contributed by atoms with E-state index in [9.17, 15) is 9.18 Å². The fourth-order valence-corrected chi connectivity index (χ4v) is 0.979. The molecular formula is C10H11FO4. The van der Waals surface area contributed by atoms with Gasteiger partial charge in [0, 0.05) is 6.07 Å². The molecule has 4 nitrogen and oxygen atoms in total. The summed E-state index contributed by atoms with van der Waals surface area (Å²) in [5.41, 5.74) is 0. The van der Waals surface area contributed by atoms with Crippen molar-refractivity contribution in [2.45, 2.75) is 13.0 Å². The van der Waals surface area contributed by atoms with Gasteiger partial charge in [-0.2, -0.15) is 0 Å². The number of carbonyl (C=O) groups is 1. The molecule has 1 rings (SSSR count). The summed E-state index contributed by atoms with van der Waals surface area (Å²) in [6.07, 6.45) is -0.820. The molecule has 0 saturated heterocycles. The topological polar surface area (TPSA) is 55.8 Å². The van der Waals surface area contributed by atoms with E-state index in [1.807, 2.05) is 0 Å². The monoisotopic (exact) mass is 214 g/mol. The SMILES string of the molecule is COC(=O)C(C)Oc1ccc(O)c(F)c1. The lowest BCUT2D eigenvalue weighted by molar-refractivity contribution is -0.147. The van der Waals surface area contributed by atoms with Crippen LogP contribution in [0.1, 0.15) is 6.92 Å². The van der Waals surface area contributed by atoms with Gasteiger partial charge in [-0.1, -0.05) is 0 Å². The van der Waals surface area contributed by atoms with Crippen LogP contribution in [0.3, 0.4) is 0 Å². The highest BCUT2D eigenvalue weighted by Gasteiger charge is 2.15. The Balaban J connectivity index is 2.73. The number of esters is 1. The van der Waals surface area contributed by atoms with Gasteiger partial charge < -0.3 is 14.6 Å². The second kappa shape index (κ2) is 4.63. The Morgan fingerprint density at radius 1 is 1.53 bits per heavy atom. The summed E-state index contributed by atoms with van der Waals surface area (Å²) in [4.78, 5) is 11.0. The van der Waals surface area contributed by atoms with Crippen molar-refractivity contribution >= 4 is 5.97 Å². The molecule has 0 aliphatic carbocycles. The predicted molar refractivity (Wildman–Crippen MR) is 50.2 cm³/mol. The van der Waals surface area contributed by atoms with Crippen molar-refractivity contribution in [2.75, 3.05) is 7.11 Å². The maximum Gasteiger partial charge on any atom is 0.346 e. The molecule has 0 aromatic heterocycles. The normalized spacial score (nSPS) is 11.9. The zero-order valence-electron chi connectivity index (χ0n) is 8.36. The molecule has 0 heterocycles. The zero-order chi connectivity index (χ0) is 11.4. The van der Waals surface area contributed by atoms with Crippen LogP contribution in [0.2, 0.25) is 0 Å². The first-order valence-electron chi connectivity index (χ1n) is 4.27. The van der Waals surface area contributed by atoms with Crippen LogP contribution in [0, 0.1) is 5.82 Å². The summed E-state index contributed by atoms with van der Waals surface area (Å²) < 4.78 is 22.4. The fraction of sp³-hybridized carbons (Fsp3) is 0.300. The van der Waals surface area contributed by atoms with Gasteiger partial charge in [-0.25, -0.2) is 9.18 Å². The van der Waals surface area contributed by atoms with Crippen LogP contribution in [0.25, 0.3) is 0 Å². The quantitative estimate of drug-likeness (QED) is 0.774. The maximum absolute atomic E-state index is 12.9. The predicted octanol–water partition coefficient (Wildman–Crippen LogP) is 1.47. The van der Waals surface area contributed by atoms with Crippen molar-refractivity contribution in [2.24, 2.45) is 0 Å². The van der Waals surface area contributed by atoms with Crippen LogP contribution in [-0.2, 0) is 9.53 Å². The number of benzene rings is 1. The third-order valence-electron chi connectivity index (χ3n) is 1.77. The summed E-state index contributed by atoms with van der Waals surface area (Å²) in [6.45, 7) is 1.48. The molecule has 0 spiro atoms. The number of hydrogen-bond donors (Lipinski definition) is 1. The van der Waals surface area contributed by atoms with E-state index in [-0.39, 0.29) is 5.75 Å². The van der Waals surface area contributed by atoms with Gasteiger partial charge in [0.05, 0.1) is 7.11 Å². The first-order valence-corrected chi connectivity index (χ1v) is 4.27. The Bertz CT molecular complexity index is 364. The maximum atomic E-state index is 12.9. The first kappa shape index (κ1) is 11.3. The van der Waals surface area contributed by atoms with E-state index in [0.29, 0.717) is 0 Å². The Hall–Kier alpha value is -1.78. The molecular weight excluding hydrogens is 203 g/mol. The molecule has 0 aliphatic rings. The van der Waals surface area contributed by atoms with Crippen LogP contribution >= 0.6 is 0 Å². The second-order valence-corrected chi connectivity index (χ2v) is 2.90. The number of phenols is 1. The van der Waals surface area contributed by atoms with Crippen LogP contribution in [0.4, 0.5) is 4.39 Å². The van der Waals surface area contributed by atoms with E-state index in [0.717, 1.165) is 12.1 Å². The Kier molecular flexibility index (Phi) is 3.49. The third-order valence-corrected chi connectivity index (χ3v) is 1.77. The summed E-state index contributed by atoms with van der Waals surface area (Å²) >= 11 is 0. The standard InChI is InChI=1S/C10H11FO4/c1-6(10(13)14-2)15-7-3-4-9(12)8(11)5-7/h3-6,12H,1-2H3. The van der Waals surface area contributed by atoms with Crippen molar-refractivity contribution in [3.63, 3.8) is 0 Å². The minimum atomic E-state index is -0.820. The molecule has 1 N–H and O–H groups in total. The molecule has 0 radical (unpaired) electrons. The van der Waals surface area contributed by atoms with Gasteiger partial charge in [-0.15, -0.1) is 0 Å². The zero-order valence-corrected chi connectivity index (χ0v) is 8.36. The average Bonchev–Trinajstić information content (AvgIpc) is 2.22. The molecule has 5 heteroatoms. The molecule has 1 atom stereocenters. The van der Waals surface area contributed by atoms with Crippen LogP contribution in [0.15, 0.2) is 18.2 Å². The van der Waals surface area contributed by atoms with Crippen molar-refractivity contribution in [3.05, 3.63) is 24.0 Å². The fourth-order valence-electron chi connectivity index (χ4n) is 0.979. The van der Waals surface area contributed by atoms with E-state index < -0.39 is 23.6 Å². The molecule has 1 aromatic carbocycles. The lowest BCUT2D eigenvalue weighted by Gasteiger charge is -2.12. The van der Waals surface area contributed by atoms with Crippen molar-refractivity contribution in [1.82, 2.24) is 0 Å². The molecule has 0 amide bonds. The Labute approximate surface area is 86.2 Å². The second-order valence-electron chi connectivity index (χ2n) is 2.90. The minimum absolute atomic E-state index is 0.156. The largest absolute Gasteiger partial charge is 0.505 e. The van der Waals surface area contributed by atoms with Crippen LogP contribution in [0.5, 0.6) is 11.5 Å². The van der Waals surface area contributed by atoms with Gasteiger partial charge in [0.25, 0.3) is 0 Å². The molecule has 0 fully saturated rings. The number of methoxy groups -OCH3 is 1. The summed E-state index contributed by atoms with van der Waals surface area (Å²) in [5, 5.41) is 8.91. The highest BCUT2D eigenvalue weighted by molar-refractivity contribution is 5.74. The number of aromatic hydroxyl groups is 1. The number of carbonyl (C=O) groups excluding carboxylic acids is 1. The average molecular weight is 214 g/mol. The van der Waals surface area contributed by atoms with E-state index in [1.165, 1.54) is 20.1 Å². The van der Waals surface area contributed by atoms with Gasteiger partial charge in [0.2, 0.25) is 0 Å². The molecule has 1 unspecified atom stereocenters. The van der Waals surface area contributed by atoms with Gasteiger partial charge in [-0.3, -0.25) is 0 Å². The number of hydrogen-bond acceptors (Lipinski definition) is 4. The number of rotatable bonds is 3. The van der Waals surface area contributed by atoms with E-state index in [1.54, 1.807) is 0 Å². The van der Waals surface area contributed by atoms with Gasteiger partial charge >= 0.3 is 5.97 Å². The number of halogens is 1. The van der Waals surface area contributed by atoms with Crippen molar-refractivity contribution < 1.29 is 23.8 Å². The molecule has 1 aromatic rings. The van der Waals surface area contributed by atoms with Gasteiger partial charge in [0.15, 0.2) is 17.7 Å². The van der Waals surface area contributed by atoms with E-state index in [2.05, 4.69) is 4.74 Å². The summed E-state index contributed by atoms with van der Waals surface area (Å²) in [5.74, 6) is -1.66. The lowest BCUT2D eigenvalue weighted by atomic mass is 10.3. The molecule has 0 bridgehead atoms. The summed E-state index contributed by atoms with van der Waals surface area (Å²) in [6, 6.07) is 3.50. The highest BCUT2D eigenvalue weighted by atomic mass is 19.1. The van der Waals surface area contributed by atoms with Gasteiger partial charge in [-0.05, 0) is 19.1 Å².